The second-order valence-corrected chi connectivity index (χ2v) is 8.29. The summed E-state index contributed by atoms with van der Waals surface area (Å²) in [6, 6.07) is 0. The number of carbonyl (C=O) groups is 2. The molecule has 3 heterocycles. The number of esters is 1. The molecule has 31 heavy (non-hydrogen) atoms. The van der Waals surface area contributed by atoms with Gasteiger partial charge in [-0.25, -0.2) is 9.59 Å². The van der Waals surface area contributed by atoms with Crippen molar-refractivity contribution in [3.8, 4) is 0 Å². The molecule has 0 aromatic carbocycles. The number of ether oxygens (including phenoxy) is 2. The molecular formula is C20H28FN6O4+. The zero-order valence-corrected chi connectivity index (χ0v) is 18.5. The molecule has 10 nitrogen and oxygen atoms in total. The van der Waals surface area contributed by atoms with Crippen molar-refractivity contribution in [2.45, 2.75) is 46.6 Å². The third-order valence-electron chi connectivity index (χ3n) is 4.64. The van der Waals surface area contributed by atoms with Crippen LogP contribution in [-0.4, -0.2) is 81.4 Å². The van der Waals surface area contributed by atoms with E-state index in [0.29, 0.717) is 37.8 Å². The molecule has 1 fully saturated rings. The van der Waals surface area contributed by atoms with Gasteiger partial charge in [-0.15, -0.1) is 0 Å². The predicted molar refractivity (Wildman–Crippen MR) is 111 cm³/mol. The molecule has 0 radical (unpaired) electrons. The number of halogens is 1. The topological polar surface area (TPSA) is 100 Å². The van der Waals surface area contributed by atoms with Crippen LogP contribution < -0.4 is 4.90 Å². The van der Waals surface area contributed by atoms with Crippen molar-refractivity contribution in [3.05, 3.63) is 12.0 Å². The van der Waals surface area contributed by atoms with Gasteiger partial charge in [0.05, 0.1) is 19.2 Å². The average Bonchev–Trinajstić information content (AvgIpc) is 3.09. The minimum atomic E-state index is -0.649. The van der Waals surface area contributed by atoms with Gasteiger partial charge in [-0.3, -0.25) is 0 Å². The number of rotatable bonds is 4. The Labute approximate surface area is 180 Å². The standard InChI is InChI=1S/C20H28FN6O4/c1-6-30-17(28)15-11-13(2)27(24-15)16-14(21)12-22-18(23-16)25-7-9-26(10-8-25)19(29)31-20(3,4)5/h12H,6-11H2,1-5H3/q+1. The molecule has 0 spiro atoms. The van der Waals surface area contributed by atoms with Crippen molar-refractivity contribution < 1.29 is 28.1 Å². The van der Waals surface area contributed by atoms with E-state index in [9.17, 15) is 14.0 Å². The maximum Gasteiger partial charge on any atom is 0.410 e. The van der Waals surface area contributed by atoms with E-state index in [-0.39, 0.29) is 30.7 Å². The van der Waals surface area contributed by atoms with Gasteiger partial charge in [-0.2, -0.15) is 9.37 Å². The monoisotopic (exact) mass is 435 g/mol. The molecule has 3 rings (SSSR count). The highest BCUT2D eigenvalue weighted by Crippen LogP contribution is 2.23. The quantitative estimate of drug-likeness (QED) is 0.527. The maximum absolute atomic E-state index is 14.5. The van der Waals surface area contributed by atoms with Gasteiger partial charge in [0.15, 0.2) is 5.71 Å². The summed E-state index contributed by atoms with van der Waals surface area (Å²) in [7, 11) is 0. The number of amides is 1. The highest BCUT2D eigenvalue weighted by Gasteiger charge is 2.33. The SMILES string of the molecule is CCOC(=O)C1=N[N+](c2nc(N3CCN(C(=O)OC(C)(C)C)CC3)ncc2F)=C(C)C1. The largest absolute Gasteiger partial charge is 0.461 e. The zero-order chi connectivity index (χ0) is 22.8. The van der Waals surface area contributed by atoms with Crippen LogP contribution in [0.3, 0.4) is 0 Å². The number of aromatic nitrogens is 2. The van der Waals surface area contributed by atoms with E-state index in [1.165, 1.54) is 4.68 Å². The molecule has 2 aliphatic heterocycles. The number of piperazine rings is 1. The van der Waals surface area contributed by atoms with Crippen LogP contribution in [0.4, 0.5) is 21.0 Å². The molecule has 2 aliphatic rings. The van der Waals surface area contributed by atoms with Crippen LogP contribution in [0.25, 0.3) is 0 Å². The summed E-state index contributed by atoms with van der Waals surface area (Å²) < 4.78 is 26.2. The first-order valence-electron chi connectivity index (χ1n) is 10.2. The molecule has 0 atom stereocenters. The Morgan fingerprint density at radius 3 is 2.52 bits per heavy atom. The summed E-state index contributed by atoms with van der Waals surface area (Å²) in [5.41, 5.74) is 0.294. The van der Waals surface area contributed by atoms with E-state index in [4.69, 9.17) is 9.47 Å². The molecule has 0 saturated carbocycles. The minimum Gasteiger partial charge on any atom is -0.461 e. The minimum absolute atomic E-state index is 0.0311. The van der Waals surface area contributed by atoms with Gasteiger partial charge in [-0.05, 0) is 34.6 Å². The second-order valence-electron chi connectivity index (χ2n) is 8.29. The Morgan fingerprint density at radius 2 is 1.90 bits per heavy atom. The Bertz CT molecular complexity index is 932. The van der Waals surface area contributed by atoms with Crippen molar-refractivity contribution in [2.75, 3.05) is 37.7 Å². The first-order valence-corrected chi connectivity index (χ1v) is 10.2. The summed E-state index contributed by atoms with van der Waals surface area (Å²) in [4.78, 5) is 36.2. The van der Waals surface area contributed by atoms with Gasteiger partial charge < -0.3 is 19.3 Å². The van der Waals surface area contributed by atoms with Crippen LogP contribution in [0.2, 0.25) is 0 Å². The molecule has 1 amide bonds. The lowest BCUT2D eigenvalue weighted by molar-refractivity contribution is -0.449. The number of hydrogen-bond donors (Lipinski definition) is 0. The summed E-state index contributed by atoms with van der Waals surface area (Å²) in [5.74, 6) is -0.883. The Kier molecular flexibility index (Phi) is 6.51. The van der Waals surface area contributed by atoms with Crippen molar-refractivity contribution in [1.82, 2.24) is 14.9 Å². The fourth-order valence-corrected chi connectivity index (χ4v) is 3.18. The normalized spacial score (nSPS) is 17.0. The van der Waals surface area contributed by atoms with Crippen molar-refractivity contribution in [2.24, 2.45) is 5.10 Å². The summed E-state index contributed by atoms with van der Waals surface area (Å²) >= 11 is 0. The molecule has 0 aliphatic carbocycles. The Hall–Kier alpha value is -3.11. The van der Waals surface area contributed by atoms with Crippen LogP contribution >= 0.6 is 0 Å². The van der Waals surface area contributed by atoms with Crippen LogP contribution in [0.1, 0.15) is 41.0 Å². The van der Waals surface area contributed by atoms with Crippen molar-refractivity contribution >= 4 is 35.3 Å². The summed E-state index contributed by atoms with van der Waals surface area (Å²) in [6.07, 6.45) is 0.978. The number of hydrazone groups is 1. The predicted octanol–water partition coefficient (Wildman–Crippen LogP) is 2.10. The van der Waals surface area contributed by atoms with Gasteiger partial charge in [0, 0.05) is 31.2 Å². The van der Waals surface area contributed by atoms with Gasteiger partial charge in [0.2, 0.25) is 5.82 Å². The van der Waals surface area contributed by atoms with Gasteiger partial charge in [0.25, 0.3) is 0 Å². The Balaban J connectivity index is 1.73. The third kappa shape index (κ3) is 5.33. The number of hydrogen-bond acceptors (Lipinski definition) is 8. The number of carbonyl (C=O) groups excluding carboxylic acids is 2. The van der Waals surface area contributed by atoms with Crippen molar-refractivity contribution in [3.63, 3.8) is 0 Å². The molecule has 1 aromatic heterocycles. The fraction of sp³-hybridized carbons (Fsp3) is 0.600. The van der Waals surface area contributed by atoms with E-state index in [1.54, 1.807) is 18.7 Å². The van der Waals surface area contributed by atoms with Crippen LogP contribution in [0, 0.1) is 5.82 Å². The molecule has 1 aromatic rings. The van der Waals surface area contributed by atoms with E-state index >= 15 is 0 Å². The molecule has 168 valence electrons. The fourth-order valence-electron chi connectivity index (χ4n) is 3.18. The zero-order valence-electron chi connectivity index (χ0n) is 18.5. The highest BCUT2D eigenvalue weighted by atomic mass is 19.1. The average molecular weight is 435 g/mol. The number of anilines is 1. The molecule has 0 bridgehead atoms. The third-order valence-corrected chi connectivity index (χ3v) is 4.64. The molecule has 1 saturated heterocycles. The van der Waals surface area contributed by atoms with E-state index < -0.39 is 17.4 Å². The van der Waals surface area contributed by atoms with Crippen LogP contribution in [0.15, 0.2) is 11.3 Å². The van der Waals surface area contributed by atoms with Gasteiger partial charge in [-0.1, -0.05) is 9.79 Å². The lowest BCUT2D eigenvalue weighted by Gasteiger charge is -2.34. The van der Waals surface area contributed by atoms with Crippen LogP contribution in [0.5, 0.6) is 0 Å². The molecule has 0 N–H and O–H groups in total. The van der Waals surface area contributed by atoms with Crippen LogP contribution in [-0.2, 0) is 14.3 Å². The highest BCUT2D eigenvalue weighted by molar-refractivity contribution is 6.40. The lowest BCUT2D eigenvalue weighted by Crippen LogP contribution is -2.50. The Morgan fingerprint density at radius 1 is 1.23 bits per heavy atom. The molecule has 11 heteroatoms. The maximum atomic E-state index is 14.5. The summed E-state index contributed by atoms with van der Waals surface area (Å²) in [5, 5.41) is 4.19. The van der Waals surface area contributed by atoms with E-state index in [1.807, 2.05) is 25.7 Å². The van der Waals surface area contributed by atoms with Gasteiger partial charge >= 0.3 is 23.8 Å². The smallest absolute Gasteiger partial charge is 0.410 e. The van der Waals surface area contributed by atoms with Gasteiger partial charge in [0.1, 0.15) is 11.3 Å². The molecule has 0 unspecified atom stereocenters. The second kappa shape index (κ2) is 8.94. The summed E-state index contributed by atoms with van der Waals surface area (Å²) in [6.45, 7) is 11.0. The number of nitrogens with zero attached hydrogens (tertiary/aromatic N) is 6. The molecular weight excluding hydrogens is 407 g/mol. The first kappa shape index (κ1) is 22.6. The van der Waals surface area contributed by atoms with Crippen molar-refractivity contribution in [1.29, 1.82) is 0 Å². The van der Waals surface area contributed by atoms with E-state index in [0.717, 1.165) is 6.20 Å². The lowest BCUT2D eigenvalue weighted by atomic mass is 10.2. The van der Waals surface area contributed by atoms with E-state index in [2.05, 4.69) is 15.1 Å². The first-order chi connectivity index (χ1) is 14.6.